The third-order valence-electron chi connectivity index (χ3n) is 8.18. The second kappa shape index (κ2) is 11.3. The van der Waals surface area contributed by atoms with E-state index in [1.54, 1.807) is 48.6 Å². The molecule has 0 saturated carbocycles. The summed E-state index contributed by atoms with van der Waals surface area (Å²) in [6.07, 6.45) is 2.36. The standard InChI is InChI=1S/C31H35FN4O5S/c1-4-40-29(37)16-25(24-12-13-26-31(30(24)32)33-34-35(26)3)21-14-20-8-7-9-23(20)22(15-21)18-36-17-19(2)41-27-10-5-6-11-28(27)42(36,38)39/h5-6,10-15,19,25,38-39H,4,7-9,16-18H2,1-3H3/t19-,25?/m1/s1. The highest BCUT2D eigenvalue weighted by Gasteiger charge is 2.35. The normalized spacial score (nSPS) is 19.4. The molecule has 0 fully saturated rings. The van der Waals surface area contributed by atoms with Crippen LogP contribution in [0.5, 0.6) is 5.75 Å². The van der Waals surface area contributed by atoms with E-state index in [0.717, 1.165) is 36.0 Å². The van der Waals surface area contributed by atoms with Gasteiger partial charge in [-0.05, 0) is 79.1 Å². The first-order chi connectivity index (χ1) is 20.2. The number of hydrogen-bond donors (Lipinski definition) is 2. The van der Waals surface area contributed by atoms with Gasteiger partial charge in [-0.1, -0.05) is 35.5 Å². The predicted octanol–water partition coefficient (Wildman–Crippen LogP) is 5.99. The van der Waals surface area contributed by atoms with Crippen LogP contribution in [-0.2, 0) is 36.0 Å². The third kappa shape index (κ3) is 5.15. The van der Waals surface area contributed by atoms with Crippen LogP contribution >= 0.6 is 10.8 Å². The van der Waals surface area contributed by atoms with Crippen LogP contribution in [0.25, 0.3) is 11.0 Å². The number of nitrogens with zero attached hydrogens (tertiary/aromatic N) is 4. The molecule has 2 heterocycles. The van der Waals surface area contributed by atoms with Gasteiger partial charge in [-0.2, -0.15) is 4.31 Å². The molecule has 0 radical (unpaired) electrons. The van der Waals surface area contributed by atoms with Gasteiger partial charge in [-0.25, -0.2) is 9.07 Å². The van der Waals surface area contributed by atoms with Crippen molar-refractivity contribution in [2.45, 2.75) is 63.0 Å². The lowest BCUT2D eigenvalue weighted by molar-refractivity contribution is -0.143. The molecule has 1 aliphatic heterocycles. The van der Waals surface area contributed by atoms with Crippen molar-refractivity contribution >= 4 is 27.8 Å². The summed E-state index contributed by atoms with van der Waals surface area (Å²) in [6.45, 7) is 4.45. The minimum absolute atomic E-state index is 0.0497. The summed E-state index contributed by atoms with van der Waals surface area (Å²) >= 11 is 0. The van der Waals surface area contributed by atoms with Crippen LogP contribution in [0.15, 0.2) is 53.4 Å². The lowest BCUT2D eigenvalue weighted by Crippen LogP contribution is -2.33. The van der Waals surface area contributed by atoms with Gasteiger partial charge in [-0.15, -0.1) is 15.9 Å². The summed E-state index contributed by atoms with van der Waals surface area (Å²) in [5.41, 5.74) is 5.06. The Morgan fingerprint density at radius 3 is 2.83 bits per heavy atom. The molecule has 42 heavy (non-hydrogen) atoms. The molecule has 0 spiro atoms. The molecule has 3 aromatic carbocycles. The zero-order valence-electron chi connectivity index (χ0n) is 23.9. The van der Waals surface area contributed by atoms with Crippen molar-refractivity contribution in [2.24, 2.45) is 7.05 Å². The van der Waals surface area contributed by atoms with Crippen molar-refractivity contribution in [1.29, 1.82) is 0 Å². The largest absolute Gasteiger partial charge is 0.487 e. The zero-order chi connectivity index (χ0) is 29.6. The second-order valence-electron chi connectivity index (χ2n) is 11.0. The lowest BCUT2D eigenvalue weighted by Gasteiger charge is -2.42. The fourth-order valence-electron chi connectivity index (χ4n) is 6.22. The van der Waals surface area contributed by atoms with E-state index in [1.165, 1.54) is 10.2 Å². The quantitative estimate of drug-likeness (QED) is 0.251. The van der Waals surface area contributed by atoms with Crippen molar-refractivity contribution in [3.63, 3.8) is 0 Å². The number of carbonyl (C=O) groups is 1. The molecule has 11 heteroatoms. The van der Waals surface area contributed by atoms with Gasteiger partial charge in [0.15, 0.2) is 5.82 Å². The first kappa shape index (κ1) is 28.6. The number of aryl methyl sites for hydroxylation is 2. The van der Waals surface area contributed by atoms with Gasteiger partial charge in [-0.3, -0.25) is 13.9 Å². The Labute approximate surface area is 245 Å². The van der Waals surface area contributed by atoms with Gasteiger partial charge < -0.3 is 9.47 Å². The van der Waals surface area contributed by atoms with Crippen molar-refractivity contribution in [3.8, 4) is 5.75 Å². The highest BCUT2D eigenvalue weighted by atomic mass is 32.3. The van der Waals surface area contributed by atoms with E-state index >= 15 is 4.39 Å². The molecule has 1 aliphatic carbocycles. The van der Waals surface area contributed by atoms with Crippen LogP contribution < -0.4 is 4.74 Å². The minimum atomic E-state index is -3.35. The molecule has 1 aromatic heterocycles. The van der Waals surface area contributed by atoms with Crippen molar-refractivity contribution in [3.05, 3.63) is 82.2 Å². The van der Waals surface area contributed by atoms with Gasteiger partial charge in [0, 0.05) is 19.5 Å². The summed E-state index contributed by atoms with van der Waals surface area (Å²) in [4.78, 5) is 13.2. The van der Waals surface area contributed by atoms with Gasteiger partial charge in [0.2, 0.25) is 0 Å². The monoisotopic (exact) mass is 594 g/mol. The fourth-order valence-corrected chi connectivity index (χ4v) is 7.88. The number of hydrogen-bond acceptors (Lipinski definition) is 8. The van der Waals surface area contributed by atoms with Crippen LogP contribution in [0.1, 0.15) is 60.4 Å². The van der Waals surface area contributed by atoms with Gasteiger partial charge in [0.25, 0.3) is 0 Å². The second-order valence-corrected chi connectivity index (χ2v) is 13.0. The van der Waals surface area contributed by atoms with Crippen LogP contribution in [0.2, 0.25) is 0 Å². The number of para-hydroxylation sites is 1. The van der Waals surface area contributed by atoms with Gasteiger partial charge in [0.1, 0.15) is 22.3 Å². The smallest absolute Gasteiger partial charge is 0.306 e. The van der Waals surface area contributed by atoms with Crippen molar-refractivity contribution in [2.75, 3.05) is 13.2 Å². The highest BCUT2D eigenvalue weighted by Crippen LogP contribution is 2.57. The average Bonchev–Trinajstić information content (AvgIpc) is 3.57. The zero-order valence-corrected chi connectivity index (χ0v) is 24.7. The summed E-state index contributed by atoms with van der Waals surface area (Å²) < 4.78 is 53.6. The molecule has 222 valence electrons. The maximum atomic E-state index is 16.0. The Kier molecular flexibility index (Phi) is 7.69. The first-order valence-corrected chi connectivity index (χ1v) is 15.7. The molecular weight excluding hydrogens is 559 g/mol. The molecule has 9 nitrogen and oxygen atoms in total. The molecular formula is C31H35FN4O5S. The lowest BCUT2D eigenvalue weighted by atomic mass is 9.85. The minimum Gasteiger partial charge on any atom is -0.487 e. The highest BCUT2D eigenvalue weighted by molar-refractivity contribution is 8.22. The molecule has 2 N–H and O–H groups in total. The van der Waals surface area contributed by atoms with Gasteiger partial charge in [0.05, 0.1) is 25.1 Å². The van der Waals surface area contributed by atoms with E-state index in [4.69, 9.17) is 9.47 Å². The maximum absolute atomic E-state index is 16.0. The number of rotatable bonds is 7. The van der Waals surface area contributed by atoms with Crippen LogP contribution in [0.3, 0.4) is 0 Å². The number of aromatic nitrogens is 3. The van der Waals surface area contributed by atoms with E-state index < -0.39 is 28.5 Å². The summed E-state index contributed by atoms with van der Waals surface area (Å²) in [6, 6.07) is 14.6. The SMILES string of the molecule is CCOC(=O)CC(c1cc2c(c(CN3C[C@@H](C)Oc4ccccc4S3(O)O)c1)CCC2)c1ccc2c(nnn2C)c1F. The van der Waals surface area contributed by atoms with E-state index in [9.17, 15) is 13.9 Å². The molecule has 2 aliphatic rings. The molecule has 6 rings (SSSR count). The Balaban J connectivity index is 1.44. The van der Waals surface area contributed by atoms with Gasteiger partial charge >= 0.3 is 5.97 Å². The molecule has 0 amide bonds. The van der Waals surface area contributed by atoms with Crippen molar-refractivity contribution < 1.29 is 27.8 Å². The molecule has 0 bridgehead atoms. The number of ether oxygens (including phenoxy) is 2. The molecule has 0 saturated heterocycles. The van der Waals surface area contributed by atoms with E-state index in [2.05, 4.69) is 16.4 Å². The maximum Gasteiger partial charge on any atom is 0.306 e. The summed E-state index contributed by atoms with van der Waals surface area (Å²) in [5, 5.41) is 7.99. The number of fused-ring (bicyclic) bond motifs is 3. The van der Waals surface area contributed by atoms with Crippen LogP contribution in [-0.4, -0.2) is 53.6 Å². The van der Waals surface area contributed by atoms with Crippen LogP contribution in [0.4, 0.5) is 4.39 Å². The Hall–Kier alpha value is -3.51. The van der Waals surface area contributed by atoms with Crippen LogP contribution in [0, 0.1) is 5.82 Å². The Bertz CT molecular complexity index is 1660. The molecule has 1 unspecified atom stereocenters. The third-order valence-corrected chi connectivity index (χ3v) is 10.1. The Morgan fingerprint density at radius 1 is 1.21 bits per heavy atom. The predicted molar refractivity (Wildman–Crippen MR) is 158 cm³/mol. The fraction of sp³-hybridized carbons (Fsp3) is 0.387. The van der Waals surface area contributed by atoms with Crippen molar-refractivity contribution in [1.82, 2.24) is 19.3 Å². The number of benzene rings is 3. The topological polar surface area (TPSA) is 110 Å². The number of halogens is 1. The number of carbonyl (C=O) groups excluding carboxylic acids is 1. The average molecular weight is 595 g/mol. The summed E-state index contributed by atoms with van der Waals surface area (Å²) in [7, 11) is -1.65. The van der Waals surface area contributed by atoms with E-state index in [1.807, 2.05) is 19.1 Å². The Morgan fingerprint density at radius 2 is 2.02 bits per heavy atom. The van der Waals surface area contributed by atoms with E-state index in [0.29, 0.717) is 28.3 Å². The summed E-state index contributed by atoms with van der Waals surface area (Å²) in [5.74, 6) is -1.10. The number of esters is 1. The van der Waals surface area contributed by atoms with E-state index in [-0.39, 0.29) is 31.2 Å². The molecule has 4 aromatic rings. The first-order valence-electron chi connectivity index (χ1n) is 14.2. The molecule has 2 atom stereocenters.